The molecule has 2 aromatic heterocycles. The van der Waals surface area contributed by atoms with E-state index in [-0.39, 0.29) is 20.4 Å². The fourth-order valence-corrected chi connectivity index (χ4v) is 5.70. The van der Waals surface area contributed by atoms with E-state index in [0.29, 0.717) is 0 Å². The van der Waals surface area contributed by atoms with Gasteiger partial charge < -0.3 is 0 Å². The van der Waals surface area contributed by atoms with Crippen LogP contribution in [0.2, 0.25) is 0 Å². The zero-order chi connectivity index (χ0) is 10.5. The predicted molar refractivity (Wildman–Crippen MR) is 70.3 cm³/mol. The summed E-state index contributed by atoms with van der Waals surface area (Å²) in [6.45, 7) is 0. The molecule has 0 amide bonds. The molecule has 0 fully saturated rings. The molecule has 4 rings (SSSR count). The number of aromatic amines is 1. The van der Waals surface area contributed by atoms with Crippen molar-refractivity contribution >= 4 is 49.0 Å². The number of para-hydroxylation sites is 1. The van der Waals surface area contributed by atoms with Crippen molar-refractivity contribution in [3.05, 3.63) is 48.5 Å². The molecule has 0 spiro atoms. The van der Waals surface area contributed by atoms with Gasteiger partial charge in [-0.15, -0.1) is 0 Å². The third kappa shape index (κ3) is 1.06. The van der Waals surface area contributed by atoms with E-state index >= 15 is 0 Å². The molecule has 76 valence electrons. The zero-order valence-corrected chi connectivity index (χ0v) is 10.9. The van der Waals surface area contributed by atoms with Crippen LogP contribution >= 0.6 is 0 Å². The van der Waals surface area contributed by atoms with Crippen LogP contribution in [0.3, 0.4) is 0 Å². The van der Waals surface area contributed by atoms with E-state index in [0.717, 1.165) is 0 Å². The van der Waals surface area contributed by atoms with Crippen molar-refractivity contribution in [2.45, 2.75) is 0 Å². The Morgan fingerprint density at radius 1 is 0.812 bits per heavy atom. The number of benzene rings is 2. The summed E-state index contributed by atoms with van der Waals surface area (Å²) in [5.74, 6) is 0. The maximum absolute atomic E-state index is 3.56. The molecule has 0 aliphatic rings. The number of fused-ring (bicyclic) bond motifs is 5. The fraction of sp³-hybridized carbons (Fsp3) is 0. The number of hydrogen-bond acceptors (Lipinski definition) is 0. The van der Waals surface area contributed by atoms with Crippen LogP contribution in [-0.4, -0.2) is 25.4 Å². The summed E-state index contributed by atoms with van der Waals surface area (Å²) in [6.07, 6.45) is 0. The second-order valence-electron chi connectivity index (χ2n) is 3.97. The first-order valence-electron chi connectivity index (χ1n) is 5.31. The summed E-state index contributed by atoms with van der Waals surface area (Å²) in [6, 6.07) is 17.4. The average Bonchev–Trinajstić information content (AvgIpc) is 2.85. The van der Waals surface area contributed by atoms with Crippen molar-refractivity contribution in [3.8, 4) is 0 Å². The van der Waals surface area contributed by atoms with Crippen LogP contribution in [0.15, 0.2) is 48.5 Å². The van der Waals surface area contributed by atoms with Crippen LogP contribution in [0, 0.1) is 0 Å². The van der Waals surface area contributed by atoms with Gasteiger partial charge in [-0.05, 0) is 0 Å². The second kappa shape index (κ2) is 3.13. The Bertz CT molecular complexity index is 737. The van der Waals surface area contributed by atoms with Crippen LogP contribution < -0.4 is 0 Å². The van der Waals surface area contributed by atoms with Crippen LogP contribution in [0.25, 0.3) is 28.6 Å². The van der Waals surface area contributed by atoms with Crippen molar-refractivity contribution in [2.24, 2.45) is 0 Å². The van der Waals surface area contributed by atoms with Crippen LogP contribution in [-0.2, 0) is 0 Å². The van der Waals surface area contributed by atoms with Crippen LogP contribution in [0.5, 0.6) is 0 Å². The SMILES string of the molecule is c1ccc2c(c1)[nH]c1c3ccccc3[te]c21. The molecule has 0 aliphatic heterocycles. The number of aromatic nitrogens is 1. The van der Waals surface area contributed by atoms with E-state index in [4.69, 9.17) is 0 Å². The van der Waals surface area contributed by atoms with Crippen molar-refractivity contribution in [1.29, 1.82) is 0 Å². The minimum atomic E-state index is -0.185. The first-order valence-corrected chi connectivity index (χ1v) is 7.64. The van der Waals surface area contributed by atoms with Gasteiger partial charge in [0.05, 0.1) is 0 Å². The Morgan fingerprint density at radius 2 is 1.56 bits per heavy atom. The van der Waals surface area contributed by atoms with E-state index in [2.05, 4.69) is 53.5 Å². The maximum atomic E-state index is 3.56. The molecule has 2 aromatic carbocycles. The van der Waals surface area contributed by atoms with E-state index < -0.39 is 0 Å². The van der Waals surface area contributed by atoms with Gasteiger partial charge in [-0.1, -0.05) is 0 Å². The summed E-state index contributed by atoms with van der Waals surface area (Å²) in [5.41, 5.74) is 2.66. The molecule has 2 heterocycles. The molecule has 0 saturated heterocycles. The summed E-state index contributed by atoms with van der Waals surface area (Å²) >= 11 is -0.185. The molecule has 0 bridgehead atoms. The second-order valence-corrected chi connectivity index (χ2v) is 6.98. The van der Waals surface area contributed by atoms with Gasteiger partial charge in [0.15, 0.2) is 0 Å². The molecular formula is C14H9NTe. The molecule has 2 heteroatoms. The van der Waals surface area contributed by atoms with Crippen LogP contribution in [0.1, 0.15) is 0 Å². The van der Waals surface area contributed by atoms with E-state index in [9.17, 15) is 0 Å². The van der Waals surface area contributed by atoms with Gasteiger partial charge in [0.2, 0.25) is 0 Å². The van der Waals surface area contributed by atoms with Crippen molar-refractivity contribution in [1.82, 2.24) is 4.98 Å². The predicted octanol–water partition coefficient (Wildman–Crippen LogP) is 3.53. The standard InChI is InChI=1S/C14H9NTe/c1-3-7-11-9(5-1)14-13(15-11)10-6-2-4-8-12(10)16-14/h1-8,15H. The van der Waals surface area contributed by atoms with Gasteiger partial charge >= 0.3 is 103 Å². The molecule has 0 radical (unpaired) electrons. The molecule has 16 heavy (non-hydrogen) atoms. The third-order valence-corrected chi connectivity index (χ3v) is 6.46. The average molecular weight is 319 g/mol. The van der Waals surface area contributed by atoms with Gasteiger partial charge in [0.25, 0.3) is 0 Å². The monoisotopic (exact) mass is 321 g/mol. The Kier molecular flexibility index (Phi) is 1.74. The third-order valence-electron chi connectivity index (χ3n) is 3.03. The Morgan fingerprint density at radius 3 is 2.50 bits per heavy atom. The minimum absolute atomic E-state index is 0.185. The summed E-state index contributed by atoms with van der Waals surface area (Å²) in [5, 5.41) is 2.85. The van der Waals surface area contributed by atoms with Gasteiger partial charge in [0.1, 0.15) is 0 Å². The molecule has 0 atom stereocenters. The number of nitrogens with one attached hydrogen (secondary N) is 1. The number of hydrogen-bond donors (Lipinski definition) is 1. The Balaban J connectivity index is 2.35. The molecule has 0 saturated carbocycles. The Labute approximate surface area is 102 Å². The molecule has 0 aliphatic carbocycles. The van der Waals surface area contributed by atoms with E-state index in [1.807, 2.05) is 0 Å². The van der Waals surface area contributed by atoms with Crippen molar-refractivity contribution in [3.63, 3.8) is 0 Å². The summed E-state index contributed by atoms with van der Waals surface area (Å²) < 4.78 is 3.15. The first kappa shape index (κ1) is 8.87. The van der Waals surface area contributed by atoms with E-state index in [1.165, 1.54) is 21.8 Å². The summed E-state index contributed by atoms with van der Waals surface area (Å²) in [7, 11) is 0. The number of H-pyrrole nitrogens is 1. The van der Waals surface area contributed by atoms with Crippen molar-refractivity contribution < 1.29 is 0 Å². The fourth-order valence-electron chi connectivity index (χ4n) is 2.28. The molecule has 4 aromatic rings. The normalized spacial score (nSPS) is 11.8. The quantitative estimate of drug-likeness (QED) is 0.477. The van der Waals surface area contributed by atoms with Crippen molar-refractivity contribution in [2.75, 3.05) is 0 Å². The van der Waals surface area contributed by atoms with Gasteiger partial charge in [-0.3, -0.25) is 0 Å². The molecular weight excluding hydrogens is 310 g/mol. The van der Waals surface area contributed by atoms with Gasteiger partial charge in [0, 0.05) is 0 Å². The van der Waals surface area contributed by atoms with Crippen LogP contribution in [0.4, 0.5) is 0 Å². The van der Waals surface area contributed by atoms with E-state index in [1.54, 1.807) is 6.80 Å². The van der Waals surface area contributed by atoms with Gasteiger partial charge in [-0.25, -0.2) is 0 Å². The molecule has 1 nitrogen and oxygen atoms in total. The topological polar surface area (TPSA) is 15.8 Å². The zero-order valence-electron chi connectivity index (χ0n) is 8.53. The molecule has 0 unspecified atom stereocenters. The first-order chi connectivity index (χ1) is 7.93. The number of rotatable bonds is 0. The molecule has 1 N–H and O–H groups in total. The van der Waals surface area contributed by atoms with Gasteiger partial charge in [-0.2, -0.15) is 0 Å². The summed E-state index contributed by atoms with van der Waals surface area (Å²) in [4.78, 5) is 3.56. The Hall–Kier alpha value is -1.23.